The zero-order valence-corrected chi connectivity index (χ0v) is 10.9. The summed E-state index contributed by atoms with van der Waals surface area (Å²) in [6, 6.07) is 4.21. The molecule has 3 nitrogen and oxygen atoms in total. The van der Waals surface area contributed by atoms with E-state index in [0.717, 1.165) is 13.1 Å². The van der Waals surface area contributed by atoms with E-state index in [-0.39, 0.29) is 0 Å². The Bertz CT molecular complexity index is 345. The Labute approximate surface area is 104 Å². The first kappa shape index (κ1) is 12.5. The molecular weight excluding hydrogens is 210 g/mol. The summed E-state index contributed by atoms with van der Waals surface area (Å²) in [5, 5.41) is 3.27. The number of rotatable bonds is 0. The molecule has 2 aliphatic rings. The van der Waals surface area contributed by atoms with Crippen molar-refractivity contribution >= 4 is 0 Å². The largest absolute Gasteiger partial charge is 0.314 e. The Morgan fingerprint density at radius 3 is 2.71 bits per heavy atom. The van der Waals surface area contributed by atoms with Gasteiger partial charge in [-0.2, -0.15) is 0 Å². The van der Waals surface area contributed by atoms with Gasteiger partial charge in [-0.1, -0.05) is 13.0 Å². The fourth-order valence-electron chi connectivity index (χ4n) is 2.39. The summed E-state index contributed by atoms with van der Waals surface area (Å²) in [6.45, 7) is 6.99. The molecule has 1 unspecified atom stereocenters. The molecule has 0 radical (unpaired) electrons. The Hall–Kier alpha value is -0.930. The van der Waals surface area contributed by atoms with Gasteiger partial charge < -0.3 is 10.2 Å². The van der Waals surface area contributed by atoms with Gasteiger partial charge in [0.25, 0.3) is 0 Å². The van der Waals surface area contributed by atoms with Crippen molar-refractivity contribution in [2.75, 3.05) is 33.2 Å². The molecule has 0 bridgehead atoms. The molecule has 2 heterocycles. The zero-order chi connectivity index (χ0) is 12.1. The van der Waals surface area contributed by atoms with Gasteiger partial charge in [0.1, 0.15) is 0 Å². The van der Waals surface area contributed by atoms with Gasteiger partial charge in [0, 0.05) is 38.1 Å². The van der Waals surface area contributed by atoms with E-state index in [1.165, 1.54) is 37.2 Å². The number of likely N-dealkylation sites (N-methyl/N-ethyl adjacent to an activating group) is 1. The van der Waals surface area contributed by atoms with Gasteiger partial charge in [-0.3, -0.25) is 4.98 Å². The maximum Gasteiger partial charge on any atom is 0.0463 e. The maximum atomic E-state index is 4.34. The minimum Gasteiger partial charge on any atom is -0.314 e. The van der Waals surface area contributed by atoms with Crippen LogP contribution in [-0.4, -0.2) is 43.1 Å². The summed E-state index contributed by atoms with van der Waals surface area (Å²) in [5.41, 5.74) is 2.78. The third-order valence-corrected chi connectivity index (χ3v) is 3.58. The average molecular weight is 233 g/mol. The van der Waals surface area contributed by atoms with Crippen LogP contribution in [0.5, 0.6) is 0 Å². The van der Waals surface area contributed by atoms with Crippen molar-refractivity contribution in [3.63, 3.8) is 0 Å². The minimum absolute atomic E-state index is 0.691. The molecule has 0 saturated carbocycles. The summed E-state index contributed by atoms with van der Waals surface area (Å²) in [4.78, 5) is 6.67. The molecule has 1 fully saturated rings. The molecule has 1 aliphatic carbocycles. The van der Waals surface area contributed by atoms with Crippen LogP contribution in [-0.2, 0) is 6.42 Å². The molecule has 1 aliphatic heterocycles. The minimum atomic E-state index is 0.691. The lowest BCUT2D eigenvalue weighted by Crippen LogP contribution is -2.40. The van der Waals surface area contributed by atoms with Gasteiger partial charge in [0.2, 0.25) is 0 Å². The first-order valence-electron chi connectivity index (χ1n) is 6.60. The summed E-state index contributed by atoms with van der Waals surface area (Å²) in [5.74, 6) is 0.691. The summed E-state index contributed by atoms with van der Waals surface area (Å²) < 4.78 is 0. The monoisotopic (exact) mass is 233 g/mol. The van der Waals surface area contributed by atoms with Crippen molar-refractivity contribution in [3.8, 4) is 0 Å². The highest BCUT2D eigenvalue weighted by molar-refractivity contribution is 5.27. The smallest absolute Gasteiger partial charge is 0.0463 e. The first-order chi connectivity index (χ1) is 8.27. The highest BCUT2D eigenvalue weighted by atomic mass is 15.2. The van der Waals surface area contributed by atoms with Crippen LogP contribution >= 0.6 is 0 Å². The van der Waals surface area contributed by atoms with Gasteiger partial charge in [-0.25, -0.2) is 0 Å². The van der Waals surface area contributed by atoms with Crippen LogP contribution in [0.15, 0.2) is 18.3 Å². The van der Waals surface area contributed by atoms with E-state index >= 15 is 0 Å². The molecular formula is C14H23N3. The number of nitrogens with one attached hydrogen (secondary N) is 1. The molecule has 1 atom stereocenters. The summed E-state index contributed by atoms with van der Waals surface area (Å²) in [7, 11) is 2.15. The van der Waals surface area contributed by atoms with Crippen molar-refractivity contribution in [2.24, 2.45) is 0 Å². The quantitative estimate of drug-likeness (QED) is 0.738. The van der Waals surface area contributed by atoms with Gasteiger partial charge in [0.15, 0.2) is 0 Å². The molecule has 94 valence electrons. The van der Waals surface area contributed by atoms with Crippen LogP contribution in [0.3, 0.4) is 0 Å². The SMILES string of the molecule is CC1CCc2cccnc21.CN1CCNCC1. The Morgan fingerprint density at radius 2 is 2.12 bits per heavy atom. The zero-order valence-electron chi connectivity index (χ0n) is 10.9. The Morgan fingerprint density at radius 1 is 1.35 bits per heavy atom. The summed E-state index contributed by atoms with van der Waals surface area (Å²) >= 11 is 0. The van der Waals surface area contributed by atoms with Gasteiger partial charge in [0.05, 0.1) is 0 Å². The molecule has 3 heteroatoms. The molecule has 1 saturated heterocycles. The van der Waals surface area contributed by atoms with E-state index in [9.17, 15) is 0 Å². The van der Waals surface area contributed by atoms with Crippen molar-refractivity contribution in [3.05, 3.63) is 29.6 Å². The van der Waals surface area contributed by atoms with Crippen LogP contribution in [0.1, 0.15) is 30.5 Å². The standard InChI is InChI=1S/C9H11N.C5H12N2/c1-7-4-5-8-3-2-6-10-9(7)8;1-7-4-2-6-3-5-7/h2-3,6-7H,4-5H2,1H3;6H,2-5H2,1H3. The lowest BCUT2D eigenvalue weighted by atomic mass is 10.1. The second-order valence-electron chi connectivity index (χ2n) is 5.04. The molecule has 17 heavy (non-hydrogen) atoms. The summed E-state index contributed by atoms with van der Waals surface area (Å²) in [6.07, 6.45) is 4.40. The predicted molar refractivity (Wildman–Crippen MR) is 71.3 cm³/mol. The fourth-order valence-corrected chi connectivity index (χ4v) is 2.39. The van der Waals surface area contributed by atoms with Gasteiger partial charge in [-0.15, -0.1) is 0 Å². The highest BCUT2D eigenvalue weighted by Crippen LogP contribution is 2.29. The maximum absolute atomic E-state index is 4.34. The molecule has 3 rings (SSSR count). The van der Waals surface area contributed by atoms with Crippen molar-refractivity contribution in [1.82, 2.24) is 15.2 Å². The number of fused-ring (bicyclic) bond motifs is 1. The number of nitrogens with zero attached hydrogens (tertiary/aromatic N) is 2. The number of pyridine rings is 1. The second kappa shape index (κ2) is 6.12. The third-order valence-electron chi connectivity index (χ3n) is 3.58. The number of aromatic nitrogens is 1. The van der Waals surface area contributed by atoms with E-state index in [0.29, 0.717) is 5.92 Å². The number of aryl methyl sites for hydroxylation is 1. The van der Waals surface area contributed by atoms with E-state index in [1.807, 2.05) is 12.3 Å². The van der Waals surface area contributed by atoms with Crippen LogP contribution in [0.2, 0.25) is 0 Å². The fraction of sp³-hybridized carbons (Fsp3) is 0.643. The van der Waals surface area contributed by atoms with E-state index in [2.05, 4.69) is 35.2 Å². The highest BCUT2D eigenvalue weighted by Gasteiger charge is 2.18. The normalized spacial score (nSPS) is 23.8. The third kappa shape index (κ3) is 3.51. The van der Waals surface area contributed by atoms with Gasteiger partial charge in [-0.05, 0) is 37.4 Å². The Balaban J connectivity index is 0.000000136. The first-order valence-corrected chi connectivity index (χ1v) is 6.60. The number of piperazine rings is 1. The molecule has 0 amide bonds. The lowest BCUT2D eigenvalue weighted by molar-refractivity contribution is 0.291. The van der Waals surface area contributed by atoms with E-state index in [1.54, 1.807) is 0 Å². The average Bonchev–Trinajstić information content (AvgIpc) is 2.74. The number of hydrogen-bond donors (Lipinski definition) is 1. The molecule has 0 spiro atoms. The van der Waals surface area contributed by atoms with E-state index < -0.39 is 0 Å². The second-order valence-corrected chi connectivity index (χ2v) is 5.04. The van der Waals surface area contributed by atoms with Gasteiger partial charge >= 0.3 is 0 Å². The lowest BCUT2D eigenvalue weighted by Gasteiger charge is -2.21. The predicted octanol–water partition coefficient (Wildman–Crippen LogP) is 1.65. The van der Waals surface area contributed by atoms with Crippen LogP contribution in [0.25, 0.3) is 0 Å². The van der Waals surface area contributed by atoms with Crippen LogP contribution < -0.4 is 5.32 Å². The molecule has 1 N–H and O–H groups in total. The van der Waals surface area contributed by atoms with Crippen LogP contribution in [0, 0.1) is 0 Å². The topological polar surface area (TPSA) is 28.2 Å². The molecule has 1 aromatic heterocycles. The van der Waals surface area contributed by atoms with Crippen LogP contribution in [0.4, 0.5) is 0 Å². The molecule has 0 aromatic carbocycles. The molecule has 1 aromatic rings. The van der Waals surface area contributed by atoms with Crippen molar-refractivity contribution in [1.29, 1.82) is 0 Å². The van der Waals surface area contributed by atoms with Crippen molar-refractivity contribution < 1.29 is 0 Å². The Kier molecular flexibility index (Phi) is 4.51. The van der Waals surface area contributed by atoms with Crippen molar-refractivity contribution in [2.45, 2.75) is 25.7 Å². The van der Waals surface area contributed by atoms with E-state index in [4.69, 9.17) is 0 Å². The number of hydrogen-bond acceptors (Lipinski definition) is 3.